The maximum absolute atomic E-state index is 14.0. The van der Waals surface area contributed by atoms with Crippen molar-refractivity contribution in [1.29, 1.82) is 0 Å². The largest absolute Gasteiger partial charge is 0.361 e. The summed E-state index contributed by atoms with van der Waals surface area (Å²) in [5.41, 5.74) is 1.33. The van der Waals surface area contributed by atoms with Gasteiger partial charge >= 0.3 is 0 Å². The van der Waals surface area contributed by atoms with E-state index in [1.807, 2.05) is 0 Å². The van der Waals surface area contributed by atoms with Crippen molar-refractivity contribution in [1.82, 2.24) is 0 Å². The first-order valence-corrected chi connectivity index (χ1v) is 10.7. The minimum atomic E-state index is -1.99. The Balaban J connectivity index is 1.59. The van der Waals surface area contributed by atoms with Gasteiger partial charge in [0.1, 0.15) is 5.78 Å². The van der Waals surface area contributed by atoms with Crippen LogP contribution in [-0.4, -0.2) is 22.1 Å². The lowest BCUT2D eigenvalue weighted by Crippen LogP contribution is -2.48. The van der Waals surface area contributed by atoms with Gasteiger partial charge in [-0.3, -0.25) is 4.79 Å². The number of Topliss-reactive ketones (excluding diaryl/α,β-unsaturated/α-hetero) is 1. The highest BCUT2D eigenvalue weighted by molar-refractivity contribution is 9.09. The van der Waals surface area contributed by atoms with E-state index < -0.39 is 5.85 Å². The van der Waals surface area contributed by atoms with Crippen LogP contribution in [0.4, 0.5) is 4.39 Å². The quantitative estimate of drug-likeness (QED) is 0.535. The molecule has 2 nitrogen and oxygen atoms in total. The number of carbonyl (C=O) groups is 1. The average Bonchev–Trinajstić information content (AvgIpc) is 2.90. The predicted octanol–water partition coefficient (Wildman–Crippen LogP) is 4.80. The molecule has 4 heteroatoms. The van der Waals surface area contributed by atoms with Gasteiger partial charge < -0.3 is 5.11 Å². The molecule has 4 aliphatic carbocycles. The van der Waals surface area contributed by atoms with Gasteiger partial charge in [0.25, 0.3) is 0 Å². The number of ketones is 1. The number of halogens is 2. The lowest BCUT2D eigenvalue weighted by Gasteiger charge is -2.53. The van der Waals surface area contributed by atoms with Crippen molar-refractivity contribution < 1.29 is 14.3 Å². The zero-order valence-corrected chi connectivity index (χ0v) is 16.0. The molecule has 0 amide bonds. The average molecular weight is 399 g/mol. The molecule has 0 aromatic carbocycles. The van der Waals surface area contributed by atoms with Crippen LogP contribution in [0.1, 0.15) is 58.3 Å². The molecule has 0 spiro atoms. The third kappa shape index (κ3) is 2.55. The summed E-state index contributed by atoms with van der Waals surface area (Å²) >= 11 is 3.37. The standard InChI is InChI=1S/C20H28BrFO2/c1-19-8-6-14-13-7-9-20(22,24)10-12(13)2-3-15(14)16(19)4-5-17(19)18(23)11-21/h2,13-17,24H,3-11H2,1H3/t13-,14+,15+,16-,17+,19-,20+/m0/s1. The zero-order valence-electron chi connectivity index (χ0n) is 14.4. The van der Waals surface area contributed by atoms with Gasteiger partial charge in [0.05, 0.1) is 5.33 Å². The third-order valence-corrected chi connectivity index (χ3v) is 8.52. The number of alkyl halides is 2. The molecule has 0 heterocycles. The fourth-order valence-corrected chi connectivity index (χ4v) is 7.26. The molecule has 134 valence electrons. The SMILES string of the molecule is C[C@]12CC[C@H]3[C@@H](CC=C4C[C@@](O)(F)CC[C@@H]43)[C@@H]1CC[C@@H]2C(=O)CBr. The number of hydrogen-bond donors (Lipinski definition) is 1. The fourth-order valence-electron chi connectivity index (χ4n) is 6.87. The maximum Gasteiger partial charge on any atom is 0.210 e. The minimum absolute atomic E-state index is 0.160. The number of rotatable bonds is 2. The maximum atomic E-state index is 14.0. The van der Waals surface area contributed by atoms with Crippen LogP contribution in [0.2, 0.25) is 0 Å². The Morgan fingerprint density at radius 3 is 2.83 bits per heavy atom. The summed E-state index contributed by atoms with van der Waals surface area (Å²) in [7, 11) is 0. The van der Waals surface area contributed by atoms with Crippen LogP contribution in [-0.2, 0) is 4.79 Å². The molecule has 4 aliphatic rings. The molecule has 7 atom stereocenters. The number of carbonyl (C=O) groups excluding carboxylic acids is 1. The molecule has 0 saturated heterocycles. The molecule has 4 rings (SSSR count). The summed E-state index contributed by atoms with van der Waals surface area (Å²) in [6.45, 7) is 2.35. The first kappa shape index (κ1) is 17.2. The van der Waals surface area contributed by atoms with E-state index in [1.165, 1.54) is 12.0 Å². The summed E-state index contributed by atoms with van der Waals surface area (Å²) in [6.07, 6.45) is 9.04. The van der Waals surface area contributed by atoms with Crippen LogP contribution < -0.4 is 0 Å². The number of fused-ring (bicyclic) bond motifs is 5. The van der Waals surface area contributed by atoms with Gasteiger partial charge in [0.2, 0.25) is 5.85 Å². The van der Waals surface area contributed by atoms with E-state index in [2.05, 4.69) is 28.9 Å². The zero-order chi connectivity index (χ0) is 17.1. The van der Waals surface area contributed by atoms with Crippen molar-refractivity contribution in [3.63, 3.8) is 0 Å². The van der Waals surface area contributed by atoms with Gasteiger partial charge in [-0.15, -0.1) is 0 Å². The molecule has 0 unspecified atom stereocenters. The highest BCUT2D eigenvalue weighted by Crippen LogP contribution is 2.63. The second kappa shape index (κ2) is 5.90. The minimum Gasteiger partial charge on any atom is -0.361 e. The molecule has 0 aliphatic heterocycles. The molecule has 0 bridgehead atoms. The van der Waals surface area contributed by atoms with Gasteiger partial charge in [-0.05, 0) is 67.6 Å². The van der Waals surface area contributed by atoms with Crippen LogP contribution in [0.15, 0.2) is 11.6 Å². The Hall–Kier alpha value is -0.220. The van der Waals surface area contributed by atoms with E-state index >= 15 is 0 Å². The van der Waals surface area contributed by atoms with Crippen LogP contribution in [0.5, 0.6) is 0 Å². The molecule has 0 aromatic rings. The van der Waals surface area contributed by atoms with E-state index in [0.717, 1.165) is 32.1 Å². The van der Waals surface area contributed by atoms with Gasteiger partial charge in [0.15, 0.2) is 0 Å². The van der Waals surface area contributed by atoms with Gasteiger partial charge in [-0.1, -0.05) is 34.5 Å². The van der Waals surface area contributed by atoms with Crippen molar-refractivity contribution in [3.8, 4) is 0 Å². The number of hydrogen-bond acceptors (Lipinski definition) is 2. The van der Waals surface area contributed by atoms with Gasteiger partial charge in [-0.2, -0.15) is 0 Å². The molecule has 0 radical (unpaired) electrons. The van der Waals surface area contributed by atoms with Gasteiger partial charge in [0, 0.05) is 18.8 Å². The molecule has 24 heavy (non-hydrogen) atoms. The highest BCUT2D eigenvalue weighted by Gasteiger charge is 2.57. The molecule has 3 fully saturated rings. The summed E-state index contributed by atoms with van der Waals surface area (Å²) in [5.74, 6) is 0.997. The van der Waals surface area contributed by atoms with E-state index in [0.29, 0.717) is 34.8 Å². The Morgan fingerprint density at radius 1 is 1.29 bits per heavy atom. The Bertz CT molecular complexity index is 572. The highest BCUT2D eigenvalue weighted by atomic mass is 79.9. The summed E-state index contributed by atoms with van der Waals surface area (Å²) in [6, 6.07) is 0. The monoisotopic (exact) mass is 398 g/mol. The second-order valence-electron chi connectivity index (χ2n) is 8.96. The molecule has 0 aromatic heterocycles. The number of allylic oxidation sites excluding steroid dienone is 1. The Kier molecular flexibility index (Phi) is 4.23. The predicted molar refractivity (Wildman–Crippen MR) is 95.4 cm³/mol. The van der Waals surface area contributed by atoms with Crippen molar-refractivity contribution in [3.05, 3.63) is 11.6 Å². The first-order chi connectivity index (χ1) is 11.4. The summed E-state index contributed by atoms with van der Waals surface area (Å²) in [5, 5.41) is 10.3. The van der Waals surface area contributed by atoms with Crippen LogP contribution in [0.3, 0.4) is 0 Å². The van der Waals surface area contributed by atoms with E-state index in [4.69, 9.17) is 0 Å². The fraction of sp³-hybridized carbons (Fsp3) is 0.850. The van der Waals surface area contributed by atoms with Crippen molar-refractivity contribution in [2.45, 2.75) is 64.1 Å². The molecule has 1 N–H and O–H groups in total. The van der Waals surface area contributed by atoms with E-state index in [1.54, 1.807) is 0 Å². The second-order valence-corrected chi connectivity index (χ2v) is 9.52. The molecule has 3 saturated carbocycles. The summed E-state index contributed by atoms with van der Waals surface area (Å²) in [4.78, 5) is 12.4. The smallest absolute Gasteiger partial charge is 0.210 e. The molecular formula is C20H28BrFO2. The number of aliphatic hydroxyl groups is 1. The third-order valence-electron chi connectivity index (χ3n) is 7.97. The van der Waals surface area contributed by atoms with E-state index in [9.17, 15) is 14.3 Å². The Morgan fingerprint density at radius 2 is 2.08 bits per heavy atom. The van der Waals surface area contributed by atoms with Crippen LogP contribution >= 0.6 is 15.9 Å². The van der Waals surface area contributed by atoms with Gasteiger partial charge in [-0.25, -0.2) is 4.39 Å². The van der Waals surface area contributed by atoms with Crippen molar-refractivity contribution >= 4 is 21.7 Å². The first-order valence-electron chi connectivity index (χ1n) is 9.54. The molecular weight excluding hydrogens is 371 g/mol. The van der Waals surface area contributed by atoms with Crippen LogP contribution in [0, 0.1) is 35.0 Å². The van der Waals surface area contributed by atoms with Crippen molar-refractivity contribution in [2.24, 2.45) is 35.0 Å². The normalized spacial score (nSPS) is 50.5. The topological polar surface area (TPSA) is 37.3 Å². The lowest BCUT2D eigenvalue weighted by molar-refractivity contribution is -0.128. The van der Waals surface area contributed by atoms with E-state index in [-0.39, 0.29) is 24.2 Å². The summed E-state index contributed by atoms with van der Waals surface area (Å²) < 4.78 is 14.0. The van der Waals surface area contributed by atoms with Crippen LogP contribution in [0.25, 0.3) is 0 Å². The lowest BCUT2D eigenvalue weighted by atomic mass is 9.51. The Labute approximate surface area is 152 Å². The van der Waals surface area contributed by atoms with Crippen molar-refractivity contribution in [2.75, 3.05) is 5.33 Å².